The first-order valence-corrected chi connectivity index (χ1v) is 6.31. The van der Waals surface area contributed by atoms with Crippen LogP contribution in [0.15, 0.2) is 18.2 Å². The third-order valence-electron chi connectivity index (χ3n) is 2.81. The van der Waals surface area contributed by atoms with Crippen LogP contribution in [0.25, 0.3) is 0 Å². The van der Waals surface area contributed by atoms with Crippen molar-refractivity contribution in [1.29, 1.82) is 0 Å². The van der Waals surface area contributed by atoms with Crippen molar-refractivity contribution in [3.05, 3.63) is 35.4 Å². The molecule has 18 heavy (non-hydrogen) atoms. The van der Waals surface area contributed by atoms with E-state index in [2.05, 4.69) is 12.2 Å². The number of halogens is 2. The first-order valence-electron chi connectivity index (χ1n) is 6.31. The van der Waals surface area contributed by atoms with Crippen LogP contribution in [0, 0.1) is 11.6 Å². The van der Waals surface area contributed by atoms with Gasteiger partial charge in [0, 0.05) is 6.04 Å². The molecule has 100 valence electrons. The van der Waals surface area contributed by atoms with E-state index >= 15 is 0 Å². The van der Waals surface area contributed by atoms with E-state index in [1.54, 1.807) is 0 Å². The fourth-order valence-corrected chi connectivity index (χ4v) is 1.75. The smallest absolute Gasteiger partial charge is 0.254 e. The van der Waals surface area contributed by atoms with Gasteiger partial charge in [0.15, 0.2) is 11.6 Å². The Morgan fingerprint density at radius 3 is 2.72 bits per heavy atom. The minimum Gasteiger partial charge on any atom is -0.349 e. The quantitative estimate of drug-likeness (QED) is 0.772. The average Bonchev–Trinajstić information content (AvgIpc) is 2.32. The average molecular weight is 255 g/mol. The molecule has 1 N–H and O–H groups in total. The summed E-state index contributed by atoms with van der Waals surface area (Å²) in [4.78, 5) is 11.7. The standard InChI is InChI=1S/C14H19F2NO/c1-3-4-5-7-10(2)17-14(18)11-8-6-9-12(15)13(11)16/h6,8-10H,3-5,7H2,1-2H3,(H,17,18). The van der Waals surface area contributed by atoms with Crippen molar-refractivity contribution >= 4 is 5.91 Å². The number of unbranched alkanes of at least 4 members (excludes halogenated alkanes) is 2. The Balaban J connectivity index is 2.57. The summed E-state index contributed by atoms with van der Waals surface area (Å²) < 4.78 is 26.3. The van der Waals surface area contributed by atoms with Crippen LogP contribution in [-0.4, -0.2) is 11.9 Å². The maximum atomic E-state index is 13.4. The van der Waals surface area contributed by atoms with Gasteiger partial charge in [-0.1, -0.05) is 32.3 Å². The van der Waals surface area contributed by atoms with Crippen molar-refractivity contribution in [1.82, 2.24) is 5.32 Å². The lowest BCUT2D eigenvalue weighted by atomic mass is 10.1. The van der Waals surface area contributed by atoms with Crippen molar-refractivity contribution in [2.24, 2.45) is 0 Å². The zero-order valence-electron chi connectivity index (χ0n) is 10.8. The number of amides is 1. The van der Waals surface area contributed by atoms with Gasteiger partial charge in [-0.2, -0.15) is 0 Å². The Morgan fingerprint density at radius 1 is 1.33 bits per heavy atom. The van der Waals surface area contributed by atoms with E-state index < -0.39 is 17.5 Å². The highest BCUT2D eigenvalue weighted by molar-refractivity contribution is 5.94. The van der Waals surface area contributed by atoms with Gasteiger partial charge in [-0.15, -0.1) is 0 Å². The summed E-state index contributed by atoms with van der Waals surface area (Å²) in [6, 6.07) is 3.57. The molecule has 2 nitrogen and oxygen atoms in total. The SMILES string of the molecule is CCCCCC(C)NC(=O)c1cccc(F)c1F. The molecule has 1 aromatic rings. The molecule has 0 bridgehead atoms. The third-order valence-corrected chi connectivity index (χ3v) is 2.81. The second kappa shape index (κ2) is 7.09. The maximum absolute atomic E-state index is 13.4. The molecule has 1 atom stereocenters. The van der Waals surface area contributed by atoms with Crippen molar-refractivity contribution in [2.45, 2.75) is 45.6 Å². The van der Waals surface area contributed by atoms with Gasteiger partial charge < -0.3 is 5.32 Å². The van der Waals surface area contributed by atoms with E-state index in [1.807, 2.05) is 6.92 Å². The Labute approximate surface area is 106 Å². The van der Waals surface area contributed by atoms with Crippen molar-refractivity contribution in [2.75, 3.05) is 0 Å². The van der Waals surface area contributed by atoms with Crippen LogP contribution in [0.1, 0.15) is 49.9 Å². The largest absolute Gasteiger partial charge is 0.349 e. The molecule has 0 spiro atoms. The Morgan fingerprint density at radius 2 is 2.06 bits per heavy atom. The van der Waals surface area contributed by atoms with Gasteiger partial charge in [-0.25, -0.2) is 8.78 Å². The molecule has 1 amide bonds. The van der Waals surface area contributed by atoms with Gasteiger partial charge in [-0.3, -0.25) is 4.79 Å². The summed E-state index contributed by atoms with van der Waals surface area (Å²) in [5.41, 5.74) is -0.239. The molecule has 1 unspecified atom stereocenters. The summed E-state index contributed by atoms with van der Waals surface area (Å²) in [5, 5.41) is 2.68. The second-order valence-electron chi connectivity index (χ2n) is 4.47. The first-order chi connectivity index (χ1) is 8.56. The molecule has 1 rings (SSSR count). The molecular weight excluding hydrogens is 236 g/mol. The molecule has 0 aliphatic heterocycles. The Hall–Kier alpha value is -1.45. The Bertz CT molecular complexity index is 407. The van der Waals surface area contributed by atoms with Gasteiger partial charge in [0.05, 0.1) is 5.56 Å². The molecule has 0 aromatic heterocycles. The molecule has 0 aliphatic carbocycles. The first kappa shape index (κ1) is 14.6. The highest BCUT2D eigenvalue weighted by Crippen LogP contribution is 2.12. The lowest BCUT2D eigenvalue weighted by Crippen LogP contribution is -2.33. The number of hydrogen-bond acceptors (Lipinski definition) is 1. The summed E-state index contributed by atoms with van der Waals surface area (Å²) in [7, 11) is 0. The van der Waals surface area contributed by atoms with Gasteiger partial charge in [0.25, 0.3) is 5.91 Å². The van der Waals surface area contributed by atoms with Crippen LogP contribution in [0.4, 0.5) is 8.78 Å². The van der Waals surface area contributed by atoms with Crippen LogP contribution in [0.3, 0.4) is 0 Å². The molecule has 0 saturated heterocycles. The molecule has 0 radical (unpaired) electrons. The number of rotatable bonds is 6. The molecule has 0 saturated carbocycles. The lowest BCUT2D eigenvalue weighted by Gasteiger charge is -2.14. The zero-order valence-corrected chi connectivity index (χ0v) is 10.8. The molecular formula is C14H19F2NO. The highest BCUT2D eigenvalue weighted by Gasteiger charge is 2.16. The van der Waals surface area contributed by atoms with Gasteiger partial charge >= 0.3 is 0 Å². The predicted octanol–water partition coefficient (Wildman–Crippen LogP) is 3.66. The van der Waals surface area contributed by atoms with Gasteiger partial charge in [0.2, 0.25) is 0 Å². The summed E-state index contributed by atoms with van der Waals surface area (Å²) in [5.74, 6) is -2.65. The van der Waals surface area contributed by atoms with E-state index in [-0.39, 0.29) is 11.6 Å². The fraction of sp³-hybridized carbons (Fsp3) is 0.500. The normalized spacial score (nSPS) is 12.2. The van der Waals surface area contributed by atoms with E-state index in [0.29, 0.717) is 0 Å². The van der Waals surface area contributed by atoms with Crippen molar-refractivity contribution < 1.29 is 13.6 Å². The number of carbonyl (C=O) groups is 1. The fourth-order valence-electron chi connectivity index (χ4n) is 1.75. The maximum Gasteiger partial charge on any atom is 0.254 e. The minimum atomic E-state index is -1.09. The third kappa shape index (κ3) is 4.09. The number of nitrogens with one attached hydrogen (secondary N) is 1. The van der Waals surface area contributed by atoms with Crippen LogP contribution in [-0.2, 0) is 0 Å². The molecule has 0 heterocycles. The van der Waals surface area contributed by atoms with Crippen LogP contribution >= 0.6 is 0 Å². The molecule has 0 aliphatic rings. The second-order valence-corrected chi connectivity index (χ2v) is 4.47. The van der Waals surface area contributed by atoms with Crippen LogP contribution in [0.5, 0.6) is 0 Å². The monoisotopic (exact) mass is 255 g/mol. The van der Waals surface area contributed by atoms with Crippen LogP contribution < -0.4 is 5.32 Å². The molecule has 1 aromatic carbocycles. The zero-order chi connectivity index (χ0) is 13.5. The summed E-state index contributed by atoms with van der Waals surface area (Å²) in [6.45, 7) is 3.97. The van der Waals surface area contributed by atoms with Crippen molar-refractivity contribution in [3.8, 4) is 0 Å². The minimum absolute atomic E-state index is 0.0354. The van der Waals surface area contributed by atoms with E-state index in [1.165, 1.54) is 12.1 Å². The van der Waals surface area contributed by atoms with E-state index in [0.717, 1.165) is 31.7 Å². The summed E-state index contributed by atoms with van der Waals surface area (Å²) in [6.07, 6.45) is 4.08. The topological polar surface area (TPSA) is 29.1 Å². The Kier molecular flexibility index (Phi) is 5.75. The number of hydrogen-bond donors (Lipinski definition) is 1. The van der Waals surface area contributed by atoms with Gasteiger partial charge in [0.1, 0.15) is 0 Å². The predicted molar refractivity (Wildman–Crippen MR) is 67.4 cm³/mol. The van der Waals surface area contributed by atoms with Crippen LogP contribution in [0.2, 0.25) is 0 Å². The number of benzene rings is 1. The number of carbonyl (C=O) groups excluding carboxylic acids is 1. The van der Waals surface area contributed by atoms with Gasteiger partial charge in [-0.05, 0) is 25.5 Å². The highest BCUT2D eigenvalue weighted by atomic mass is 19.2. The summed E-state index contributed by atoms with van der Waals surface area (Å²) >= 11 is 0. The lowest BCUT2D eigenvalue weighted by molar-refractivity contribution is 0.0933. The van der Waals surface area contributed by atoms with Crippen molar-refractivity contribution in [3.63, 3.8) is 0 Å². The molecule has 0 fully saturated rings. The van der Waals surface area contributed by atoms with E-state index in [9.17, 15) is 13.6 Å². The molecule has 4 heteroatoms. The van der Waals surface area contributed by atoms with E-state index in [4.69, 9.17) is 0 Å².